The van der Waals surface area contributed by atoms with E-state index in [-0.39, 0.29) is 12.3 Å². The molecule has 0 saturated carbocycles. The molecule has 0 bridgehead atoms. The lowest BCUT2D eigenvalue weighted by Gasteiger charge is -2.22. The zero-order valence-corrected chi connectivity index (χ0v) is 16.5. The standard InChI is InChI=1S/C21H23ClN2O4/c1-14(25)23-18(12-15-8-4-3-5-9-15)20(26)24-19(21(27)28-2)13-16-10-6-7-11-17(16)22/h3-11,18-19H,12-13H2,1-2H3,(H,23,25)(H,24,26)/t18-,19-/m1/s1. The largest absolute Gasteiger partial charge is 0.467 e. The van der Waals surface area contributed by atoms with E-state index >= 15 is 0 Å². The van der Waals surface area contributed by atoms with Gasteiger partial charge >= 0.3 is 5.97 Å². The number of carbonyl (C=O) groups is 3. The van der Waals surface area contributed by atoms with Gasteiger partial charge in [0.25, 0.3) is 0 Å². The second kappa shape index (κ2) is 10.5. The molecule has 0 heterocycles. The maximum atomic E-state index is 12.8. The first-order chi connectivity index (χ1) is 13.4. The molecule has 2 rings (SSSR count). The van der Waals surface area contributed by atoms with Crippen molar-refractivity contribution in [1.29, 1.82) is 0 Å². The lowest BCUT2D eigenvalue weighted by Crippen LogP contribution is -2.53. The lowest BCUT2D eigenvalue weighted by molar-refractivity contribution is -0.145. The number of carbonyl (C=O) groups excluding carboxylic acids is 3. The van der Waals surface area contributed by atoms with Crippen molar-refractivity contribution >= 4 is 29.4 Å². The number of amides is 2. The zero-order valence-electron chi connectivity index (χ0n) is 15.8. The van der Waals surface area contributed by atoms with E-state index in [0.717, 1.165) is 5.56 Å². The Kier molecular flexibility index (Phi) is 8.02. The predicted molar refractivity (Wildman–Crippen MR) is 107 cm³/mol. The van der Waals surface area contributed by atoms with Crippen LogP contribution in [0.3, 0.4) is 0 Å². The SMILES string of the molecule is COC(=O)[C@@H](Cc1ccccc1Cl)NC(=O)[C@@H](Cc1ccccc1)NC(C)=O. The van der Waals surface area contributed by atoms with Crippen molar-refractivity contribution in [3.63, 3.8) is 0 Å². The van der Waals surface area contributed by atoms with Crippen LogP contribution in [0.15, 0.2) is 54.6 Å². The molecule has 2 atom stereocenters. The molecule has 7 heteroatoms. The van der Waals surface area contributed by atoms with E-state index in [4.69, 9.17) is 16.3 Å². The molecule has 2 amide bonds. The van der Waals surface area contributed by atoms with Gasteiger partial charge in [-0.2, -0.15) is 0 Å². The summed E-state index contributed by atoms with van der Waals surface area (Å²) in [7, 11) is 1.25. The first-order valence-corrected chi connectivity index (χ1v) is 9.21. The number of benzene rings is 2. The van der Waals surface area contributed by atoms with Gasteiger partial charge in [0.1, 0.15) is 12.1 Å². The van der Waals surface area contributed by atoms with Gasteiger partial charge in [-0.1, -0.05) is 60.1 Å². The average Bonchev–Trinajstić information content (AvgIpc) is 2.68. The Hall–Kier alpha value is -2.86. The molecule has 28 heavy (non-hydrogen) atoms. The number of hydrogen-bond donors (Lipinski definition) is 2. The van der Waals surface area contributed by atoms with Crippen molar-refractivity contribution in [2.24, 2.45) is 0 Å². The fraction of sp³-hybridized carbons (Fsp3) is 0.286. The average molecular weight is 403 g/mol. The minimum atomic E-state index is -0.926. The molecule has 0 spiro atoms. The fourth-order valence-corrected chi connectivity index (χ4v) is 3.01. The van der Waals surface area contributed by atoms with Gasteiger partial charge in [0, 0.05) is 24.8 Å². The third kappa shape index (κ3) is 6.39. The summed E-state index contributed by atoms with van der Waals surface area (Å²) in [5.41, 5.74) is 1.59. The van der Waals surface area contributed by atoms with Crippen molar-refractivity contribution in [2.45, 2.75) is 31.8 Å². The van der Waals surface area contributed by atoms with Crippen molar-refractivity contribution in [1.82, 2.24) is 10.6 Å². The Balaban J connectivity index is 2.17. The molecule has 2 aromatic rings. The number of esters is 1. The molecule has 2 aromatic carbocycles. The van der Waals surface area contributed by atoms with Crippen LogP contribution in [0, 0.1) is 0 Å². The van der Waals surface area contributed by atoms with E-state index < -0.39 is 24.0 Å². The van der Waals surface area contributed by atoms with Crippen molar-refractivity contribution < 1.29 is 19.1 Å². The Labute approximate surface area is 169 Å². The maximum absolute atomic E-state index is 12.8. The van der Waals surface area contributed by atoms with Crippen LogP contribution in [0.2, 0.25) is 5.02 Å². The predicted octanol–water partition coefficient (Wildman–Crippen LogP) is 2.29. The van der Waals surface area contributed by atoms with E-state index in [1.54, 1.807) is 24.3 Å². The molecular formula is C21H23ClN2O4. The number of halogens is 1. The van der Waals surface area contributed by atoms with E-state index in [1.165, 1.54) is 14.0 Å². The zero-order chi connectivity index (χ0) is 20.5. The monoisotopic (exact) mass is 402 g/mol. The van der Waals surface area contributed by atoms with Gasteiger partial charge in [-0.05, 0) is 17.2 Å². The lowest BCUT2D eigenvalue weighted by atomic mass is 10.0. The summed E-state index contributed by atoms with van der Waals surface area (Å²) >= 11 is 6.17. The molecule has 0 aliphatic carbocycles. The molecule has 0 aromatic heterocycles. The second-order valence-electron chi connectivity index (χ2n) is 6.32. The minimum Gasteiger partial charge on any atom is -0.467 e. The molecule has 0 unspecified atom stereocenters. The summed E-state index contributed by atoms with van der Waals surface area (Å²) in [6.07, 6.45) is 0.475. The number of hydrogen-bond acceptors (Lipinski definition) is 4. The quantitative estimate of drug-likeness (QED) is 0.663. The van der Waals surface area contributed by atoms with E-state index in [0.29, 0.717) is 17.0 Å². The summed E-state index contributed by atoms with van der Waals surface area (Å²) < 4.78 is 4.82. The molecule has 0 aliphatic heterocycles. The number of rotatable bonds is 8. The first-order valence-electron chi connectivity index (χ1n) is 8.83. The second-order valence-corrected chi connectivity index (χ2v) is 6.73. The van der Waals surface area contributed by atoms with Crippen LogP contribution in [0.1, 0.15) is 18.1 Å². The van der Waals surface area contributed by atoms with Gasteiger partial charge in [0.2, 0.25) is 11.8 Å². The van der Waals surface area contributed by atoms with Crippen LogP contribution in [0.5, 0.6) is 0 Å². The van der Waals surface area contributed by atoms with Crippen molar-refractivity contribution in [2.75, 3.05) is 7.11 Å². The Bertz CT molecular complexity index is 826. The highest BCUT2D eigenvalue weighted by atomic mass is 35.5. The van der Waals surface area contributed by atoms with Crippen LogP contribution in [-0.4, -0.2) is 37.0 Å². The van der Waals surface area contributed by atoms with Crippen LogP contribution in [0.4, 0.5) is 0 Å². The topological polar surface area (TPSA) is 84.5 Å². The summed E-state index contributed by atoms with van der Waals surface area (Å²) in [6.45, 7) is 1.34. The van der Waals surface area contributed by atoms with Gasteiger partial charge in [0.05, 0.1) is 7.11 Å². The van der Waals surface area contributed by atoms with Gasteiger partial charge in [-0.3, -0.25) is 9.59 Å². The summed E-state index contributed by atoms with van der Waals surface area (Å²) in [4.78, 5) is 36.6. The molecule has 2 N–H and O–H groups in total. The first kappa shape index (κ1) is 21.4. The van der Waals surface area contributed by atoms with Gasteiger partial charge in [0.15, 0.2) is 0 Å². The normalized spacial score (nSPS) is 12.5. The van der Waals surface area contributed by atoms with Gasteiger partial charge in [-0.25, -0.2) is 4.79 Å². The van der Waals surface area contributed by atoms with E-state index in [1.807, 2.05) is 30.3 Å². The van der Waals surface area contributed by atoms with Crippen LogP contribution < -0.4 is 10.6 Å². The minimum absolute atomic E-state index is 0.177. The number of methoxy groups -OCH3 is 1. The third-order valence-electron chi connectivity index (χ3n) is 4.16. The fourth-order valence-electron chi connectivity index (χ4n) is 2.80. The molecule has 148 valence electrons. The van der Waals surface area contributed by atoms with Crippen molar-refractivity contribution in [3.05, 3.63) is 70.7 Å². The van der Waals surface area contributed by atoms with Crippen molar-refractivity contribution in [3.8, 4) is 0 Å². The smallest absolute Gasteiger partial charge is 0.328 e. The molecule has 0 aliphatic rings. The van der Waals surface area contributed by atoms with Gasteiger partial charge < -0.3 is 15.4 Å². The van der Waals surface area contributed by atoms with Crippen LogP contribution >= 0.6 is 11.6 Å². The maximum Gasteiger partial charge on any atom is 0.328 e. The highest BCUT2D eigenvalue weighted by Gasteiger charge is 2.27. The number of nitrogens with one attached hydrogen (secondary N) is 2. The highest BCUT2D eigenvalue weighted by molar-refractivity contribution is 6.31. The third-order valence-corrected chi connectivity index (χ3v) is 4.53. The Morgan fingerprint density at radius 1 is 0.929 bits per heavy atom. The molecule has 0 fully saturated rings. The van der Waals surface area contributed by atoms with E-state index in [9.17, 15) is 14.4 Å². The number of ether oxygens (including phenoxy) is 1. The Morgan fingerprint density at radius 2 is 1.57 bits per heavy atom. The summed E-state index contributed by atoms with van der Waals surface area (Å²) in [5.74, 6) is -1.40. The molecule has 0 saturated heterocycles. The van der Waals surface area contributed by atoms with Crippen LogP contribution in [0.25, 0.3) is 0 Å². The Morgan fingerprint density at radius 3 is 2.18 bits per heavy atom. The highest BCUT2D eigenvalue weighted by Crippen LogP contribution is 2.17. The summed E-state index contributed by atoms with van der Waals surface area (Å²) in [5, 5.41) is 5.81. The molecular weight excluding hydrogens is 380 g/mol. The van der Waals surface area contributed by atoms with E-state index in [2.05, 4.69) is 10.6 Å². The molecule has 6 nitrogen and oxygen atoms in total. The van der Waals surface area contributed by atoms with Gasteiger partial charge in [-0.15, -0.1) is 0 Å². The summed E-state index contributed by atoms with van der Waals surface area (Å²) in [6, 6.07) is 14.6. The van der Waals surface area contributed by atoms with Crippen LogP contribution in [-0.2, 0) is 32.0 Å². The molecule has 0 radical (unpaired) electrons.